The van der Waals surface area contributed by atoms with Gasteiger partial charge >= 0.3 is 0 Å². The summed E-state index contributed by atoms with van der Waals surface area (Å²) in [5, 5.41) is 3.01. The van der Waals surface area contributed by atoms with Gasteiger partial charge in [0.05, 0.1) is 16.2 Å². The van der Waals surface area contributed by atoms with Gasteiger partial charge in [-0.25, -0.2) is 19.3 Å². The first-order chi connectivity index (χ1) is 14.0. The van der Waals surface area contributed by atoms with Crippen LogP contribution in [-0.4, -0.2) is 38.8 Å². The van der Waals surface area contributed by atoms with Gasteiger partial charge in [-0.15, -0.1) is 0 Å². The summed E-state index contributed by atoms with van der Waals surface area (Å²) in [6.07, 6.45) is 3.75. The van der Waals surface area contributed by atoms with Crippen LogP contribution < -0.4 is 5.32 Å². The van der Waals surface area contributed by atoms with Crippen LogP contribution in [0.2, 0.25) is 5.02 Å². The fourth-order valence-electron chi connectivity index (χ4n) is 4.21. The molecule has 2 fully saturated rings. The van der Waals surface area contributed by atoms with E-state index in [0.29, 0.717) is 35.9 Å². The minimum atomic E-state index is -0.549. The predicted octanol–water partition coefficient (Wildman–Crippen LogP) is 3.85. The van der Waals surface area contributed by atoms with Crippen LogP contribution in [0.5, 0.6) is 0 Å². The quantitative estimate of drug-likeness (QED) is 0.663. The second-order valence-corrected chi connectivity index (χ2v) is 7.90. The highest BCUT2D eigenvalue weighted by atomic mass is 35.5. The Bertz CT molecular complexity index is 1170. The Morgan fingerprint density at radius 2 is 2.21 bits per heavy atom. The fraction of sp³-hybridized carbons (Fsp3) is 0.238. The molecule has 1 aliphatic carbocycles. The number of piperidine rings is 1. The average Bonchev–Trinajstić information content (AvgIpc) is 3.31. The summed E-state index contributed by atoms with van der Waals surface area (Å²) in [4.78, 5) is 27.2. The van der Waals surface area contributed by atoms with Crippen molar-refractivity contribution in [2.75, 3.05) is 18.4 Å². The molecule has 1 N–H and O–H groups in total. The number of carbonyl (C=O) groups is 1. The molecule has 29 heavy (non-hydrogen) atoms. The van der Waals surface area contributed by atoms with Crippen LogP contribution in [0.4, 0.5) is 15.9 Å². The summed E-state index contributed by atoms with van der Waals surface area (Å²) < 4.78 is 14.3. The highest BCUT2D eigenvalue weighted by Crippen LogP contribution is 2.58. The van der Waals surface area contributed by atoms with E-state index in [1.165, 1.54) is 18.5 Å². The van der Waals surface area contributed by atoms with Crippen molar-refractivity contribution in [3.63, 3.8) is 0 Å². The lowest BCUT2D eigenvalue weighted by Gasteiger charge is -2.19. The Morgan fingerprint density at radius 3 is 3.03 bits per heavy atom. The van der Waals surface area contributed by atoms with Crippen LogP contribution in [0.25, 0.3) is 11.0 Å². The second kappa shape index (κ2) is 6.49. The molecule has 0 radical (unpaired) electrons. The van der Waals surface area contributed by atoms with Gasteiger partial charge in [-0.05, 0) is 42.7 Å². The van der Waals surface area contributed by atoms with E-state index in [-0.39, 0.29) is 22.0 Å². The van der Waals surface area contributed by atoms with E-state index in [1.54, 1.807) is 12.1 Å². The number of nitrogens with one attached hydrogen (secondary N) is 1. The molecule has 8 heteroatoms. The molecule has 1 unspecified atom stereocenters. The van der Waals surface area contributed by atoms with Crippen LogP contribution in [0, 0.1) is 11.7 Å². The standard InChI is InChI=1S/C21H17ClFN5O/c1-2-17(29)28-9-12-8-21(12,10-28)16-7-6-15-19(27-16)20(25-11-24-15)26-14-5-3-4-13(22)18(14)23/h2-7,11-12H,1,8-10H2,(H,24,25,26)/t12?,21-/m1/s1. The largest absolute Gasteiger partial charge is 0.338 e. The van der Waals surface area contributed by atoms with Gasteiger partial charge in [-0.2, -0.15) is 0 Å². The molecule has 146 valence electrons. The molecular formula is C21H17ClFN5O. The summed E-state index contributed by atoms with van der Waals surface area (Å²) in [5.41, 5.74) is 2.19. The maximum atomic E-state index is 14.3. The first-order valence-electron chi connectivity index (χ1n) is 9.26. The number of pyridine rings is 1. The molecule has 3 heterocycles. The minimum absolute atomic E-state index is 0.0275. The SMILES string of the molecule is C=CC(=O)N1CC2C[C@@]2(c2ccc3ncnc(Nc4cccc(Cl)c4F)c3n2)C1. The van der Waals surface area contributed by atoms with Gasteiger partial charge < -0.3 is 10.2 Å². The molecule has 0 spiro atoms. The Morgan fingerprint density at radius 1 is 1.34 bits per heavy atom. The lowest BCUT2D eigenvalue weighted by atomic mass is 10.0. The number of fused-ring (bicyclic) bond motifs is 2. The monoisotopic (exact) mass is 409 g/mol. The van der Waals surface area contributed by atoms with E-state index >= 15 is 0 Å². The number of rotatable bonds is 4. The number of anilines is 2. The van der Waals surface area contributed by atoms with E-state index in [0.717, 1.165) is 12.1 Å². The number of amides is 1. The number of hydrogen-bond donors (Lipinski definition) is 1. The predicted molar refractivity (Wildman–Crippen MR) is 109 cm³/mol. The van der Waals surface area contributed by atoms with E-state index in [9.17, 15) is 9.18 Å². The van der Waals surface area contributed by atoms with Crippen molar-refractivity contribution in [2.45, 2.75) is 11.8 Å². The summed E-state index contributed by atoms with van der Waals surface area (Å²) in [6.45, 7) is 4.92. The molecule has 2 aliphatic rings. The molecule has 0 bridgehead atoms. The Labute approximate surface area is 171 Å². The maximum Gasteiger partial charge on any atom is 0.245 e. The number of benzene rings is 1. The first-order valence-corrected chi connectivity index (χ1v) is 9.64. The van der Waals surface area contributed by atoms with Gasteiger partial charge in [0.1, 0.15) is 11.8 Å². The first kappa shape index (κ1) is 18.0. The molecule has 1 aliphatic heterocycles. The lowest BCUT2D eigenvalue weighted by Crippen LogP contribution is -2.31. The van der Waals surface area contributed by atoms with Gasteiger partial charge in [-0.3, -0.25) is 4.79 Å². The molecular weight excluding hydrogens is 393 g/mol. The van der Waals surface area contributed by atoms with Crippen molar-refractivity contribution in [2.24, 2.45) is 5.92 Å². The average molecular weight is 410 g/mol. The number of aromatic nitrogens is 3. The molecule has 5 rings (SSSR count). The number of carbonyl (C=O) groups excluding carboxylic acids is 1. The highest BCUT2D eigenvalue weighted by molar-refractivity contribution is 6.31. The summed E-state index contributed by atoms with van der Waals surface area (Å²) in [6, 6.07) is 8.58. The van der Waals surface area contributed by atoms with Crippen LogP contribution in [-0.2, 0) is 10.2 Å². The zero-order chi connectivity index (χ0) is 20.2. The van der Waals surface area contributed by atoms with E-state index in [4.69, 9.17) is 16.6 Å². The molecule has 1 aromatic carbocycles. The van der Waals surface area contributed by atoms with Crippen molar-refractivity contribution >= 4 is 40.0 Å². The van der Waals surface area contributed by atoms with Gasteiger partial charge in [-0.1, -0.05) is 24.2 Å². The minimum Gasteiger partial charge on any atom is -0.338 e. The second-order valence-electron chi connectivity index (χ2n) is 7.49. The molecule has 2 atom stereocenters. The van der Waals surface area contributed by atoms with Crippen LogP contribution in [0.1, 0.15) is 12.1 Å². The van der Waals surface area contributed by atoms with Crippen molar-refractivity contribution in [3.05, 3.63) is 65.8 Å². The van der Waals surface area contributed by atoms with E-state index in [1.807, 2.05) is 17.0 Å². The van der Waals surface area contributed by atoms with E-state index in [2.05, 4.69) is 21.9 Å². The van der Waals surface area contributed by atoms with Crippen molar-refractivity contribution < 1.29 is 9.18 Å². The van der Waals surface area contributed by atoms with Crippen LogP contribution in [0.15, 0.2) is 49.3 Å². The number of hydrogen-bond acceptors (Lipinski definition) is 5. The highest BCUT2D eigenvalue weighted by Gasteiger charge is 2.62. The molecule has 6 nitrogen and oxygen atoms in total. The maximum absolute atomic E-state index is 14.3. The normalized spacial score (nSPS) is 22.4. The third-order valence-electron chi connectivity index (χ3n) is 5.83. The Balaban J connectivity index is 1.53. The van der Waals surface area contributed by atoms with Gasteiger partial charge in [0, 0.05) is 24.2 Å². The van der Waals surface area contributed by atoms with Crippen molar-refractivity contribution in [3.8, 4) is 0 Å². The Hall–Kier alpha value is -3.06. The zero-order valence-corrected chi connectivity index (χ0v) is 16.2. The molecule has 3 aromatic rings. The smallest absolute Gasteiger partial charge is 0.245 e. The summed E-state index contributed by atoms with van der Waals surface area (Å²) in [5.74, 6) is 0.193. The van der Waals surface area contributed by atoms with Gasteiger partial charge in [0.25, 0.3) is 0 Å². The molecule has 1 saturated heterocycles. The topological polar surface area (TPSA) is 71.0 Å². The van der Waals surface area contributed by atoms with Crippen molar-refractivity contribution in [1.29, 1.82) is 0 Å². The molecule has 1 saturated carbocycles. The van der Waals surface area contributed by atoms with Gasteiger partial charge in [0.2, 0.25) is 5.91 Å². The third kappa shape index (κ3) is 2.84. The fourth-order valence-corrected chi connectivity index (χ4v) is 4.39. The Kier molecular flexibility index (Phi) is 4.03. The molecule has 1 amide bonds. The van der Waals surface area contributed by atoms with Crippen LogP contribution in [0.3, 0.4) is 0 Å². The number of nitrogens with zero attached hydrogens (tertiary/aromatic N) is 4. The van der Waals surface area contributed by atoms with E-state index < -0.39 is 5.82 Å². The summed E-state index contributed by atoms with van der Waals surface area (Å²) in [7, 11) is 0. The van der Waals surface area contributed by atoms with Crippen molar-refractivity contribution in [1.82, 2.24) is 19.9 Å². The number of halogens is 2. The van der Waals surface area contributed by atoms with Crippen LogP contribution >= 0.6 is 11.6 Å². The molecule has 2 aromatic heterocycles. The zero-order valence-electron chi connectivity index (χ0n) is 15.4. The number of likely N-dealkylation sites (tertiary alicyclic amines) is 1. The summed E-state index contributed by atoms with van der Waals surface area (Å²) >= 11 is 5.88. The van der Waals surface area contributed by atoms with Gasteiger partial charge in [0.15, 0.2) is 11.6 Å². The lowest BCUT2D eigenvalue weighted by molar-refractivity contribution is -0.125. The third-order valence-corrected chi connectivity index (χ3v) is 6.12.